The molecular formula is C19H16ClN3O3. The van der Waals surface area contributed by atoms with E-state index < -0.39 is 0 Å². The van der Waals surface area contributed by atoms with E-state index in [1.807, 2.05) is 36.4 Å². The van der Waals surface area contributed by atoms with Crippen LogP contribution in [0.25, 0.3) is 10.9 Å². The lowest BCUT2D eigenvalue weighted by molar-refractivity contribution is 0.102. The van der Waals surface area contributed by atoms with Gasteiger partial charge in [-0.2, -0.15) is 0 Å². The Labute approximate surface area is 154 Å². The molecule has 2 N–H and O–H groups in total. The Morgan fingerprint density at radius 1 is 1.19 bits per heavy atom. The standard InChI is InChI=1S/C19H16ClN3O3/c20-14-3-6-16-13(9-14)10-17(22-16)18(24)21-15-4-1-12(2-5-15)11-23-7-8-26-19(23)25/h1-6,9-10,22H,7-8,11H2,(H,21,24). The summed E-state index contributed by atoms with van der Waals surface area (Å²) in [5.41, 5.74) is 2.97. The van der Waals surface area contributed by atoms with E-state index in [0.717, 1.165) is 16.5 Å². The number of carbonyl (C=O) groups is 2. The van der Waals surface area contributed by atoms with Gasteiger partial charge in [-0.1, -0.05) is 23.7 Å². The topological polar surface area (TPSA) is 74.4 Å². The first-order valence-electron chi connectivity index (χ1n) is 8.19. The molecule has 1 aromatic heterocycles. The molecule has 0 atom stereocenters. The quantitative estimate of drug-likeness (QED) is 0.729. The van der Waals surface area contributed by atoms with Crippen LogP contribution >= 0.6 is 11.6 Å². The molecule has 2 aromatic carbocycles. The third-order valence-corrected chi connectivity index (χ3v) is 4.49. The zero-order valence-corrected chi connectivity index (χ0v) is 14.5. The SMILES string of the molecule is O=C(Nc1ccc(CN2CCOC2=O)cc1)c1cc2cc(Cl)ccc2[nH]1. The van der Waals surface area contributed by atoms with Crippen LogP contribution in [0.4, 0.5) is 10.5 Å². The lowest BCUT2D eigenvalue weighted by Gasteiger charge is -2.12. The van der Waals surface area contributed by atoms with Crippen molar-refractivity contribution in [3.63, 3.8) is 0 Å². The summed E-state index contributed by atoms with van der Waals surface area (Å²) in [5.74, 6) is -0.229. The molecule has 4 rings (SSSR count). The molecule has 132 valence electrons. The Balaban J connectivity index is 1.44. The number of fused-ring (bicyclic) bond motifs is 1. The van der Waals surface area contributed by atoms with E-state index in [0.29, 0.717) is 36.1 Å². The van der Waals surface area contributed by atoms with Crippen molar-refractivity contribution in [2.75, 3.05) is 18.5 Å². The fraction of sp³-hybridized carbons (Fsp3) is 0.158. The zero-order chi connectivity index (χ0) is 18.1. The Hall–Kier alpha value is -2.99. The summed E-state index contributed by atoms with van der Waals surface area (Å²) < 4.78 is 4.91. The molecule has 26 heavy (non-hydrogen) atoms. The van der Waals surface area contributed by atoms with Crippen molar-refractivity contribution in [2.45, 2.75) is 6.54 Å². The predicted octanol–water partition coefficient (Wildman–Crippen LogP) is 4.03. The van der Waals surface area contributed by atoms with E-state index in [4.69, 9.17) is 16.3 Å². The average Bonchev–Trinajstić information content (AvgIpc) is 3.22. The van der Waals surface area contributed by atoms with Crippen molar-refractivity contribution in [1.82, 2.24) is 9.88 Å². The third-order valence-electron chi connectivity index (χ3n) is 4.26. The number of H-pyrrole nitrogens is 1. The number of nitrogens with zero attached hydrogens (tertiary/aromatic N) is 1. The van der Waals surface area contributed by atoms with Crippen LogP contribution in [0, 0.1) is 0 Å². The highest BCUT2D eigenvalue weighted by Crippen LogP contribution is 2.21. The van der Waals surface area contributed by atoms with E-state index in [1.54, 1.807) is 17.0 Å². The van der Waals surface area contributed by atoms with Crippen LogP contribution in [0.3, 0.4) is 0 Å². The maximum absolute atomic E-state index is 12.4. The Morgan fingerprint density at radius 2 is 2.00 bits per heavy atom. The number of rotatable bonds is 4. The molecule has 3 aromatic rings. The molecule has 0 bridgehead atoms. The molecule has 0 radical (unpaired) electrons. The fourth-order valence-electron chi connectivity index (χ4n) is 2.91. The van der Waals surface area contributed by atoms with Crippen molar-refractivity contribution in [1.29, 1.82) is 0 Å². The van der Waals surface area contributed by atoms with E-state index in [-0.39, 0.29) is 12.0 Å². The largest absolute Gasteiger partial charge is 0.448 e. The van der Waals surface area contributed by atoms with Gasteiger partial charge in [-0.05, 0) is 42.0 Å². The van der Waals surface area contributed by atoms with Crippen molar-refractivity contribution in [3.05, 3.63) is 64.8 Å². The zero-order valence-electron chi connectivity index (χ0n) is 13.8. The number of nitrogens with one attached hydrogen (secondary N) is 2. The Kier molecular flexibility index (Phi) is 4.26. The van der Waals surface area contributed by atoms with Gasteiger partial charge in [0.15, 0.2) is 0 Å². The minimum atomic E-state index is -0.290. The maximum atomic E-state index is 12.4. The summed E-state index contributed by atoms with van der Waals surface area (Å²) in [6, 6.07) is 14.6. The maximum Gasteiger partial charge on any atom is 0.410 e. The molecular weight excluding hydrogens is 354 g/mol. The number of hydrogen-bond donors (Lipinski definition) is 2. The predicted molar refractivity (Wildman–Crippen MR) is 99.5 cm³/mol. The lowest BCUT2D eigenvalue weighted by atomic mass is 10.2. The van der Waals surface area contributed by atoms with Gasteiger partial charge in [-0.15, -0.1) is 0 Å². The second kappa shape index (κ2) is 6.72. The minimum absolute atomic E-state index is 0.229. The first kappa shape index (κ1) is 16.5. The normalized spacial score (nSPS) is 13.9. The molecule has 0 spiro atoms. The summed E-state index contributed by atoms with van der Waals surface area (Å²) in [4.78, 5) is 28.6. The van der Waals surface area contributed by atoms with Crippen molar-refractivity contribution in [3.8, 4) is 0 Å². The van der Waals surface area contributed by atoms with Gasteiger partial charge >= 0.3 is 6.09 Å². The van der Waals surface area contributed by atoms with E-state index in [2.05, 4.69) is 10.3 Å². The summed E-state index contributed by atoms with van der Waals surface area (Å²) in [6.07, 6.45) is -0.290. The van der Waals surface area contributed by atoms with Crippen LogP contribution < -0.4 is 5.32 Å². The first-order valence-corrected chi connectivity index (χ1v) is 8.56. The van der Waals surface area contributed by atoms with Crippen LogP contribution in [0.15, 0.2) is 48.5 Å². The van der Waals surface area contributed by atoms with Crippen molar-refractivity contribution >= 4 is 40.2 Å². The van der Waals surface area contributed by atoms with Crippen LogP contribution in [-0.4, -0.2) is 35.0 Å². The molecule has 1 saturated heterocycles. The molecule has 6 nitrogen and oxygen atoms in total. The third kappa shape index (κ3) is 3.36. The number of cyclic esters (lactones) is 1. The Morgan fingerprint density at radius 3 is 2.73 bits per heavy atom. The van der Waals surface area contributed by atoms with Gasteiger partial charge < -0.3 is 19.9 Å². The molecule has 1 fully saturated rings. The minimum Gasteiger partial charge on any atom is -0.448 e. The van der Waals surface area contributed by atoms with E-state index in [1.165, 1.54) is 0 Å². The van der Waals surface area contributed by atoms with Gasteiger partial charge in [0.25, 0.3) is 5.91 Å². The number of hydrogen-bond acceptors (Lipinski definition) is 3. The van der Waals surface area contributed by atoms with Crippen LogP contribution in [0.1, 0.15) is 16.1 Å². The highest BCUT2D eigenvalue weighted by molar-refractivity contribution is 6.31. The van der Waals surface area contributed by atoms with Gasteiger partial charge in [0.05, 0.1) is 6.54 Å². The second-order valence-electron chi connectivity index (χ2n) is 6.10. The molecule has 2 amide bonds. The highest BCUT2D eigenvalue weighted by Gasteiger charge is 2.21. The number of aromatic nitrogens is 1. The highest BCUT2D eigenvalue weighted by atomic mass is 35.5. The molecule has 7 heteroatoms. The summed E-state index contributed by atoms with van der Waals surface area (Å²) in [6.45, 7) is 1.53. The Bertz CT molecular complexity index is 981. The molecule has 1 aliphatic rings. The molecule has 0 saturated carbocycles. The van der Waals surface area contributed by atoms with Crippen LogP contribution in [-0.2, 0) is 11.3 Å². The number of anilines is 1. The van der Waals surface area contributed by atoms with Gasteiger partial charge in [-0.3, -0.25) is 4.79 Å². The monoisotopic (exact) mass is 369 g/mol. The van der Waals surface area contributed by atoms with Gasteiger partial charge in [0, 0.05) is 28.2 Å². The fourth-order valence-corrected chi connectivity index (χ4v) is 3.09. The van der Waals surface area contributed by atoms with Gasteiger partial charge in [0.1, 0.15) is 12.3 Å². The first-order chi connectivity index (χ1) is 12.6. The molecule has 0 aliphatic carbocycles. The number of ether oxygens (including phenoxy) is 1. The lowest BCUT2D eigenvalue weighted by Crippen LogP contribution is -2.23. The number of aromatic amines is 1. The van der Waals surface area contributed by atoms with Crippen molar-refractivity contribution in [2.24, 2.45) is 0 Å². The summed E-state index contributed by atoms with van der Waals surface area (Å²) >= 11 is 5.98. The average molecular weight is 370 g/mol. The molecule has 2 heterocycles. The summed E-state index contributed by atoms with van der Waals surface area (Å²) in [5, 5.41) is 4.37. The smallest absolute Gasteiger partial charge is 0.410 e. The van der Waals surface area contributed by atoms with Gasteiger partial charge in [0.2, 0.25) is 0 Å². The number of halogens is 1. The van der Waals surface area contributed by atoms with Crippen LogP contribution in [0.5, 0.6) is 0 Å². The number of amides is 2. The summed E-state index contributed by atoms with van der Waals surface area (Å²) in [7, 11) is 0. The van der Waals surface area contributed by atoms with E-state index in [9.17, 15) is 9.59 Å². The van der Waals surface area contributed by atoms with Crippen molar-refractivity contribution < 1.29 is 14.3 Å². The van der Waals surface area contributed by atoms with E-state index >= 15 is 0 Å². The number of carbonyl (C=O) groups excluding carboxylic acids is 2. The number of benzene rings is 2. The molecule has 0 unspecified atom stereocenters. The second-order valence-corrected chi connectivity index (χ2v) is 6.54. The molecule has 1 aliphatic heterocycles. The van der Waals surface area contributed by atoms with Crippen LogP contribution in [0.2, 0.25) is 5.02 Å². The van der Waals surface area contributed by atoms with Gasteiger partial charge in [-0.25, -0.2) is 4.79 Å².